The van der Waals surface area contributed by atoms with E-state index in [1.807, 2.05) is 18.2 Å². The van der Waals surface area contributed by atoms with Crippen LogP contribution in [-0.4, -0.2) is 10.9 Å². The Labute approximate surface area is 177 Å². The Kier molecular flexibility index (Phi) is 4.65. The molecule has 1 amide bonds. The number of carbonyl (C=O) groups excluding carboxylic acids is 1. The van der Waals surface area contributed by atoms with Crippen LogP contribution in [0.25, 0.3) is 31.9 Å². The molecule has 0 fully saturated rings. The highest BCUT2D eigenvalue weighted by Gasteiger charge is 2.22. The Morgan fingerprint density at radius 2 is 1.73 bits per heavy atom. The second-order valence-electron chi connectivity index (χ2n) is 7.05. The Morgan fingerprint density at radius 3 is 2.47 bits per heavy atom. The fraction of sp³-hybridized carbons (Fsp3) is 0.0400. The highest BCUT2D eigenvalue weighted by Crippen LogP contribution is 2.41. The van der Waals surface area contributed by atoms with Crippen molar-refractivity contribution in [2.75, 3.05) is 5.32 Å². The number of pyridine rings is 1. The number of hydrogen-bond donors (Lipinski definition) is 1. The largest absolute Gasteiger partial charge is 0.463 e. The van der Waals surface area contributed by atoms with E-state index in [4.69, 9.17) is 4.42 Å². The van der Waals surface area contributed by atoms with E-state index in [-0.39, 0.29) is 5.91 Å². The average molecular weight is 410 g/mol. The summed E-state index contributed by atoms with van der Waals surface area (Å²) in [6.07, 6.45) is 4.94. The van der Waals surface area contributed by atoms with Crippen LogP contribution >= 0.6 is 11.3 Å². The van der Waals surface area contributed by atoms with Gasteiger partial charge in [-0.2, -0.15) is 0 Å². The van der Waals surface area contributed by atoms with E-state index in [1.54, 1.807) is 42.1 Å². The van der Waals surface area contributed by atoms with E-state index in [0.717, 1.165) is 26.1 Å². The molecule has 0 bridgehead atoms. The first-order valence-electron chi connectivity index (χ1n) is 9.58. The zero-order valence-electron chi connectivity index (χ0n) is 16.3. The van der Waals surface area contributed by atoms with E-state index in [0.29, 0.717) is 17.0 Å². The number of furan rings is 1. The summed E-state index contributed by atoms with van der Waals surface area (Å²) in [5, 5.41) is 3.89. The molecular formula is C25H18N2O2S. The standard InChI is InChI=1S/C25H18N2O2S/c1-16-4-6-17(7-5-16)18-8-9-20-22(15-18)30-24(21-3-2-14-29-21)23(20)25(28)27-19-10-12-26-13-11-19/h2-15H,1H3,(H,26,27,28). The summed E-state index contributed by atoms with van der Waals surface area (Å²) in [6.45, 7) is 2.08. The molecule has 0 saturated heterocycles. The number of fused-ring (bicyclic) bond motifs is 1. The fourth-order valence-electron chi connectivity index (χ4n) is 3.46. The molecule has 0 aliphatic rings. The maximum Gasteiger partial charge on any atom is 0.257 e. The molecule has 5 rings (SSSR count). The maximum atomic E-state index is 13.2. The number of rotatable bonds is 4. The van der Waals surface area contributed by atoms with Gasteiger partial charge in [0.05, 0.1) is 16.7 Å². The van der Waals surface area contributed by atoms with Crippen LogP contribution in [0.2, 0.25) is 0 Å². The minimum Gasteiger partial charge on any atom is -0.463 e. The van der Waals surface area contributed by atoms with Crippen molar-refractivity contribution < 1.29 is 9.21 Å². The van der Waals surface area contributed by atoms with Crippen molar-refractivity contribution in [3.8, 4) is 21.8 Å². The summed E-state index contributed by atoms with van der Waals surface area (Å²) in [7, 11) is 0. The van der Waals surface area contributed by atoms with Crippen LogP contribution < -0.4 is 5.32 Å². The van der Waals surface area contributed by atoms with E-state index < -0.39 is 0 Å². The predicted octanol–water partition coefficient (Wildman–Crippen LogP) is 6.78. The van der Waals surface area contributed by atoms with Gasteiger partial charge in [0.1, 0.15) is 5.76 Å². The van der Waals surface area contributed by atoms with Crippen LogP contribution in [0.15, 0.2) is 89.8 Å². The first-order valence-corrected chi connectivity index (χ1v) is 10.4. The Bertz CT molecular complexity index is 1320. The highest BCUT2D eigenvalue weighted by atomic mass is 32.1. The second-order valence-corrected chi connectivity index (χ2v) is 8.10. The summed E-state index contributed by atoms with van der Waals surface area (Å²) in [5.41, 5.74) is 4.83. The summed E-state index contributed by atoms with van der Waals surface area (Å²) < 4.78 is 6.68. The van der Waals surface area contributed by atoms with Crippen molar-refractivity contribution in [1.82, 2.24) is 4.98 Å². The van der Waals surface area contributed by atoms with Crippen LogP contribution in [-0.2, 0) is 0 Å². The smallest absolute Gasteiger partial charge is 0.257 e. The van der Waals surface area contributed by atoms with Crippen molar-refractivity contribution in [3.05, 3.63) is 96.5 Å². The zero-order chi connectivity index (χ0) is 20.5. The molecule has 4 nitrogen and oxygen atoms in total. The molecule has 30 heavy (non-hydrogen) atoms. The molecule has 5 aromatic rings. The highest BCUT2D eigenvalue weighted by molar-refractivity contribution is 7.22. The van der Waals surface area contributed by atoms with Crippen LogP contribution in [0.1, 0.15) is 15.9 Å². The molecular weight excluding hydrogens is 392 g/mol. The zero-order valence-corrected chi connectivity index (χ0v) is 17.1. The van der Waals surface area contributed by atoms with E-state index in [9.17, 15) is 4.79 Å². The molecule has 0 unspecified atom stereocenters. The SMILES string of the molecule is Cc1ccc(-c2ccc3c(C(=O)Nc4ccncc4)c(-c4ccco4)sc3c2)cc1. The normalized spacial score (nSPS) is 11.0. The molecule has 1 N–H and O–H groups in total. The molecule has 0 radical (unpaired) electrons. The van der Waals surface area contributed by atoms with Crippen LogP contribution in [0.3, 0.4) is 0 Å². The second kappa shape index (κ2) is 7.61. The number of anilines is 1. The summed E-state index contributed by atoms with van der Waals surface area (Å²) in [6, 6.07) is 21.9. The van der Waals surface area contributed by atoms with Gasteiger partial charge >= 0.3 is 0 Å². The lowest BCUT2D eigenvalue weighted by Gasteiger charge is -2.06. The fourth-order valence-corrected chi connectivity index (χ4v) is 4.67. The summed E-state index contributed by atoms with van der Waals surface area (Å²) in [5.74, 6) is 0.523. The lowest BCUT2D eigenvalue weighted by Crippen LogP contribution is -2.12. The van der Waals surface area contributed by atoms with Gasteiger partial charge in [-0.1, -0.05) is 42.0 Å². The lowest BCUT2D eigenvalue weighted by atomic mass is 10.0. The summed E-state index contributed by atoms with van der Waals surface area (Å²) in [4.78, 5) is 18.1. The number of nitrogens with zero attached hydrogens (tertiary/aromatic N) is 1. The third-order valence-corrected chi connectivity index (χ3v) is 6.15. The van der Waals surface area contributed by atoms with Crippen LogP contribution in [0.4, 0.5) is 5.69 Å². The molecule has 146 valence electrons. The van der Waals surface area contributed by atoms with Gasteiger partial charge in [0.15, 0.2) is 0 Å². The topological polar surface area (TPSA) is 55.1 Å². The number of aryl methyl sites for hydroxylation is 1. The molecule has 3 heterocycles. The van der Waals surface area contributed by atoms with Gasteiger partial charge in [-0.05, 0) is 48.4 Å². The molecule has 0 aliphatic heterocycles. The van der Waals surface area contributed by atoms with Gasteiger partial charge in [-0.25, -0.2) is 0 Å². The van der Waals surface area contributed by atoms with E-state index >= 15 is 0 Å². The van der Waals surface area contributed by atoms with Gasteiger partial charge in [0, 0.05) is 28.2 Å². The number of nitrogens with one attached hydrogen (secondary N) is 1. The third-order valence-electron chi connectivity index (χ3n) is 4.99. The maximum absolute atomic E-state index is 13.2. The van der Waals surface area contributed by atoms with Crippen LogP contribution in [0.5, 0.6) is 0 Å². The number of aromatic nitrogens is 1. The van der Waals surface area contributed by atoms with E-state index in [2.05, 4.69) is 53.6 Å². The summed E-state index contributed by atoms with van der Waals surface area (Å²) >= 11 is 1.57. The first-order chi connectivity index (χ1) is 14.7. The molecule has 3 aromatic heterocycles. The van der Waals surface area contributed by atoms with Crippen LogP contribution in [0, 0.1) is 6.92 Å². The number of amides is 1. The average Bonchev–Trinajstić information content (AvgIpc) is 3.42. The van der Waals surface area contributed by atoms with Crippen molar-refractivity contribution >= 4 is 33.0 Å². The third kappa shape index (κ3) is 3.40. The number of hydrogen-bond acceptors (Lipinski definition) is 4. The quantitative estimate of drug-likeness (QED) is 0.355. The van der Waals surface area contributed by atoms with Crippen molar-refractivity contribution in [3.63, 3.8) is 0 Å². The molecule has 0 atom stereocenters. The van der Waals surface area contributed by atoms with Gasteiger partial charge in [0.2, 0.25) is 0 Å². The first kappa shape index (κ1) is 18.3. The Morgan fingerprint density at radius 1 is 0.967 bits per heavy atom. The van der Waals surface area contributed by atoms with Gasteiger partial charge in [-0.15, -0.1) is 11.3 Å². The molecule has 0 saturated carbocycles. The molecule has 5 heteroatoms. The Hall–Kier alpha value is -3.70. The molecule has 0 aliphatic carbocycles. The molecule has 0 spiro atoms. The van der Waals surface area contributed by atoms with Crippen molar-refractivity contribution in [2.45, 2.75) is 6.92 Å². The molecule has 2 aromatic carbocycles. The predicted molar refractivity (Wildman–Crippen MR) is 122 cm³/mol. The number of carbonyl (C=O) groups is 1. The number of thiophene rings is 1. The van der Waals surface area contributed by atoms with Gasteiger partial charge < -0.3 is 9.73 Å². The van der Waals surface area contributed by atoms with Gasteiger partial charge in [-0.3, -0.25) is 9.78 Å². The lowest BCUT2D eigenvalue weighted by molar-refractivity contribution is 0.102. The van der Waals surface area contributed by atoms with Crippen molar-refractivity contribution in [2.24, 2.45) is 0 Å². The Balaban J connectivity index is 1.63. The minimum absolute atomic E-state index is 0.165. The monoisotopic (exact) mass is 410 g/mol. The van der Waals surface area contributed by atoms with E-state index in [1.165, 1.54) is 5.56 Å². The van der Waals surface area contributed by atoms with Gasteiger partial charge in [0.25, 0.3) is 5.91 Å². The minimum atomic E-state index is -0.165. The number of benzene rings is 2. The van der Waals surface area contributed by atoms with Crippen molar-refractivity contribution in [1.29, 1.82) is 0 Å².